The molecule has 4 rings (SSSR count). The number of rotatable bonds is 11. The lowest BCUT2D eigenvalue weighted by atomic mass is 10.1. The number of sulfonamides is 1. The smallest absolute Gasteiger partial charge is 0.414 e. The lowest BCUT2D eigenvalue weighted by Gasteiger charge is -2.27. The molecule has 1 fully saturated rings. The molecular formula is C27H34N8O6S. The molecular weight excluding hydrogens is 564 g/mol. The van der Waals surface area contributed by atoms with Gasteiger partial charge in [0.05, 0.1) is 4.90 Å². The Hall–Kier alpha value is -4.50. The minimum atomic E-state index is -3.80. The van der Waals surface area contributed by atoms with Crippen molar-refractivity contribution in [2.24, 2.45) is 5.14 Å². The molecule has 2 heterocycles. The summed E-state index contributed by atoms with van der Waals surface area (Å²) in [6.07, 6.45) is 2.69. The summed E-state index contributed by atoms with van der Waals surface area (Å²) in [5.74, 6) is 0.00952. The molecule has 1 aliphatic heterocycles. The van der Waals surface area contributed by atoms with E-state index in [2.05, 4.69) is 25.6 Å². The summed E-state index contributed by atoms with van der Waals surface area (Å²) in [5, 5.41) is 21.2. The van der Waals surface area contributed by atoms with Crippen molar-refractivity contribution >= 4 is 39.9 Å². The van der Waals surface area contributed by atoms with E-state index in [9.17, 15) is 23.1 Å². The number of carboxylic acids is 1. The standard InChI is InChI=1S/C27H34N8O6S/c1-34(2)27(38)41-20-10-6-18(7-11-20)16-22(23(36)37)30-25-31-24(32-26(33-25)35-14-4-3-5-15-35)29-17-19-8-12-21(13-9-19)42(28,39)40/h6-13,22H,3-5,14-17H2,1-2H3,(H,36,37)(H2,28,39,40)(H2,29,30,31,32,33)/t22-/m0/s1. The maximum atomic E-state index is 12.2. The highest BCUT2D eigenvalue weighted by molar-refractivity contribution is 7.89. The van der Waals surface area contributed by atoms with E-state index in [1.807, 2.05) is 4.90 Å². The maximum Gasteiger partial charge on any atom is 0.414 e. The highest BCUT2D eigenvalue weighted by atomic mass is 32.2. The fourth-order valence-corrected chi connectivity index (χ4v) is 4.71. The SMILES string of the molecule is CN(C)C(=O)Oc1ccc(C[C@H](Nc2nc(NCc3ccc(S(N)(=O)=O)cc3)nc(N3CCCCC3)n2)C(=O)O)cc1. The van der Waals surface area contributed by atoms with E-state index in [0.29, 0.717) is 17.3 Å². The first kappa shape index (κ1) is 30.5. The topological polar surface area (TPSA) is 193 Å². The summed E-state index contributed by atoms with van der Waals surface area (Å²) in [7, 11) is -0.647. The monoisotopic (exact) mass is 598 g/mol. The predicted octanol–water partition coefficient (Wildman–Crippen LogP) is 2.29. The quantitative estimate of drug-likeness (QED) is 0.252. The molecule has 0 bridgehead atoms. The van der Waals surface area contributed by atoms with E-state index in [4.69, 9.17) is 9.88 Å². The van der Waals surface area contributed by atoms with Crippen molar-refractivity contribution in [2.45, 2.75) is 43.2 Å². The first-order valence-corrected chi connectivity index (χ1v) is 14.9. The van der Waals surface area contributed by atoms with Crippen LogP contribution in [-0.2, 0) is 27.8 Å². The zero-order valence-electron chi connectivity index (χ0n) is 23.4. The second-order valence-corrected chi connectivity index (χ2v) is 11.6. The summed E-state index contributed by atoms with van der Waals surface area (Å²) in [6, 6.07) is 11.6. The molecule has 5 N–H and O–H groups in total. The molecule has 42 heavy (non-hydrogen) atoms. The van der Waals surface area contributed by atoms with Gasteiger partial charge in [0.1, 0.15) is 11.8 Å². The Morgan fingerprint density at radius 3 is 2.19 bits per heavy atom. The lowest BCUT2D eigenvalue weighted by molar-refractivity contribution is -0.137. The van der Waals surface area contributed by atoms with Crippen LogP contribution in [0.1, 0.15) is 30.4 Å². The number of aromatic nitrogens is 3. The van der Waals surface area contributed by atoms with Crippen LogP contribution in [0, 0.1) is 0 Å². The van der Waals surface area contributed by atoms with E-state index < -0.39 is 28.1 Å². The van der Waals surface area contributed by atoms with Gasteiger partial charge in [0, 0.05) is 40.2 Å². The molecule has 0 radical (unpaired) electrons. The summed E-state index contributed by atoms with van der Waals surface area (Å²) in [4.78, 5) is 40.8. The zero-order valence-corrected chi connectivity index (χ0v) is 24.2. The third kappa shape index (κ3) is 8.50. The number of carbonyl (C=O) groups is 2. The average molecular weight is 599 g/mol. The fourth-order valence-electron chi connectivity index (χ4n) is 4.20. The molecule has 0 spiro atoms. The number of benzene rings is 2. The van der Waals surface area contributed by atoms with E-state index in [0.717, 1.165) is 37.9 Å². The van der Waals surface area contributed by atoms with Crippen LogP contribution in [0.4, 0.5) is 22.6 Å². The molecule has 0 aliphatic carbocycles. The van der Waals surface area contributed by atoms with Gasteiger partial charge in [0.25, 0.3) is 0 Å². The van der Waals surface area contributed by atoms with Gasteiger partial charge in [-0.15, -0.1) is 0 Å². The molecule has 3 aromatic rings. The van der Waals surface area contributed by atoms with Crippen LogP contribution in [0.2, 0.25) is 0 Å². The summed E-state index contributed by atoms with van der Waals surface area (Å²) in [5.41, 5.74) is 1.46. The molecule has 1 amide bonds. The van der Waals surface area contributed by atoms with E-state index in [-0.39, 0.29) is 29.8 Å². The van der Waals surface area contributed by atoms with E-state index in [1.54, 1.807) is 50.5 Å². The van der Waals surface area contributed by atoms with Gasteiger partial charge in [0.15, 0.2) is 0 Å². The Kier molecular flexibility index (Phi) is 9.75. The highest BCUT2D eigenvalue weighted by Gasteiger charge is 2.22. The second-order valence-electron chi connectivity index (χ2n) is 10.0. The molecule has 0 saturated carbocycles. The molecule has 224 valence electrons. The Morgan fingerprint density at radius 1 is 0.976 bits per heavy atom. The normalized spacial score (nSPS) is 14.1. The predicted molar refractivity (Wildman–Crippen MR) is 156 cm³/mol. The number of hydrogen-bond donors (Lipinski definition) is 4. The number of nitrogens with two attached hydrogens (primary N) is 1. The summed E-state index contributed by atoms with van der Waals surface area (Å²) >= 11 is 0. The number of aliphatic carboxylic acids is 1. The van der Waals surface area contributed by atoms with Crippen LogP contribution in [0.5, 0.6) is 5.75 Å². The molecule has 15 heteroatoms. The molecule has 1 saturated heterocycles. The van der Waals surface area contributed by atoms with Crippen molar-refractivity contribution in [1.29, 1.82) is 0 Å². The minimum absolute atomic E-state index is 0.00853. The number of hydrogen-bond acceptors (Lipinski definition) is 11. The third-order valence-corrected chi connectivity index (χ3v) is 7.43. The number of carboxylic acid groups (broad SMARTS) is 1. The van der Waals surface area contributed by atoms with Gasteiger partial charge in [-0.25, -0.2) is 23.1 Å². The van der Waals surface area contributed by atoms with Crippen LogP contribution in [0.3, 0.4) is 0 Å². The van der Waals surface area contributed by atoms with Crippen LogP contribution < -0.4 is 25.4 Å². The Labute approximate surface area is 244 Å². The molecule has 1 aromatic heterocycles. The Morgan fingerprint density at radius 2 is 1.60 bits per heavy atom. The molecule has 2 aromatic carbocycles. The average Bonchev–Trinajstić information content (AvgIpc) is 2.96. The van der Waals surface area contributed by atoms with Crippen molar-refractivity contribution in [3.8, 4) is 5.75 Å². The number of amides is 1. The van der Waals surface area contributed by atoms with E-state index >= 15 is 0 Å². The van der Waals surface area contributed by atoms with Crippen LogP contribution in [0.15, 0.2) is 53.4 Å². The number of piperidine rings is 1. The van der Waals surface area contributed by atoms with Gasteiger partial charge >= 0.3 is 12.1 Å². The van der Waals surface area contributed by atoms with E-state index in [1.165, 1.54) is 17.0 Å². The summed E-state index contributed by atoms with van der Waals surface area (Å²) in [6.45, 7) is 1.82. The molecule has 0 unspecified atom stereocenters. The Balaban J connectivity index is 1.51. The minimum Gasteiger partial charge on any atom is -0.480 e. The van der Waals surface area contributed by atoms with Gasteiger partial charge in [-0.05, 0) is 54.7 Å². The second kappa shape index (κ2) is 13.4. The van der Waals surface area contributed by atoms with Gasteiger partial charge in [-0.3, -0.25) is 0 Å². The Bertz CT molecular complexity index is 1490. The van der Waals surface area contributed by atoms with Crippen molar-refractivity contribution in [1.82, 2.24) is 19.9 Å². The van der Waals surface area contributed by atoms with Gasteiger partial charge in [-0.1, -0.05) is 24.3 Å². The van der Waals surface area contributed by atoms with Crippen LogP contribution in [-0.4, -0.2) is 78.7 Å². The van der Waals surface area contributed by atoms with Crippen LogP contribution in [0.25, 0.3) is 0 Å². The first-order chi connectivity index (χ1) is 20.0. The number of nitrogens with zero attached hydrogens (tertiary/aromatic N) is 5. The first-order valence-electron chi connectivity index (χ1n) is 13.3. The van der Waals surface area contributed by atoms with Gasteiger partial charge < -0.3 is 30.3 Å². The number of ether oxygens (including phenoxy) is 1. The highest BCUT2D eigenvalue weighted by Crippen LogP contribution is 2.21. The van der Waals surface area contributed by atoms with Crippen molar-refractivity contribution in [3.05, 3.63) is 59.7 Å². The fraction of sp³-hybridized carbons (Fsp3) is 0.370. The number of anilines is 3. The van der Waals surface area contributed by atoms with Gasteiger partial charge in [0.2, 0.25) is 27.9 Å². The molecule has 1 aliphatic rings. The van der Waals surface area contributed by atoms with Crippen molar-refractivity contribution in [2.75, 3.05) is 42.7 Å². The maximum absolute atomic E-state index is 12.2. The largest absolute Gasteiger partial charge is 0.480 e. The third-order valence-electron chi connectivity index (χ3n) is 6.50. The summed E-state index contributed by atoms with van der Waals surface area (Å²) < 4.78 is 28.3. The van der Waals surface area contributed by atoms with Crippen molar-refractivity contribution < 1.29 is 27.9 Å². The van der Waals surface area contributed by atoms with Crippen molar-refractivity contribution in [3.63, 3.8) is 0 Å². The zero-order chi connectivity index (χ0) is 30.3. The lowest BCUT2D eigenvalue weighted by Crippen LogP contribution is -2.34. The number of carbonyl (C=O) groups excluding carboxylic acids is 1. The number of primary sulfonamides is 1. The van der Waals surface area contributed by atoms with Crippen LogP contribution >= 0.6 is 0 Å². The number of nitrogens with one attached hydrogen (secondary N) is 2. The molecule has 14 nitrogen and oxygen atoms in total. The molecule has 1 atom stereocenters. The van der Waals surface area contributed by atoms with Gasteiger partial charge in [-0.2, -0.15) is 15.0 Å².